The van der Waals surface area contributed by atoms with Crippen LogP contribution in [0.15, 0.2) is 0 Å². The molecule has 0 aromatic heterocycles. The minimum absolute atomic E-state index is 0.0493. The van der Waals surface area contributed by atoms with Crippen molar-refractivity contribution in [1.29, 1.82) is 0 Å². The van der Waals surface area contributed by atoms with E-state index in [1.54, 1.807) is 11.9 Å². The lowest BCUT2D eigenvalue weighted by Gasteiger charge is -2.16. The molecule has 21 heavy (non-hydrogen) atoms. The van der Waals surface area contributed by atoms with Crippen molar-refractivity contribution < 1.29 is 19.0 Å². The lowest BCUT2D eigenvalue weighted by molar-refractivity contribution is -0.130. The summed E-state index contributed by atoms with van der Waals surface area (Å²) in [5.41, 5.74) is 0. The quantitative estimate of drug-likeness (QED) is 0.363. The van der Waals surface area contributed by atoms with Gasteiger partial charge in [-0.15, -0.1) is 0 Å². The van der Waals surface area contributed by atoms with E-state index in [2.05, 4.69) is 17.2 Å². The molecule has 0 aromatic carbocycles. The van der Waals surface area contributed by atoms with Gasteiger partial charge in [0, 0.05) is 26.6 Å². The van der Waals surface area contributed by atoms with Crippen molar-refractivity contribution in [3.8, 4) is 0 Å². The van der Waals surface area contributed by atoms with Gasteiger partial charge in [-0.3, -0.25) is 9.52 Å². The number of nitrogens with zero attached hydrogens (tertiary/aromatic N) is 1. The fraction of sp³-hybridized carbons (Fsp3) is 0.929. The molecule has 0 spiro atoms. The van der Waals surface area contributed by atoms with Crippen LogP contribution in [0.4, 0.5) is 0 Å². The molecule has 0 saturated carbocycles. The molecule has 0 aliphatic rings. The molecule has 6 nitrogen and oxygen atoms in total. The molecule has 7 heteroatoms. The lowest BCUT2D eigenvalue weighted by Crippen LogP contribution is -2.29. The first-order chi connectivity index (χ1) is 10.1. The Morgan fingerprint density at radius 1 is 1.00 bits per heavy atom. The molecular formula is C14H32N2O4S. The Labute approximate surface area is 132 Å². The fourth-order valence-corrected chi connectivity index (χ4v) is 2.02. The van der Waals surface area contributed by atoms with E-state index in [1.807, 2.05) is 6.92 Å². The largest absolute Gasteiger partial charge is 0.378 e. The van der Waals surface area contributed by atoms with Crippen LogP contribution in [0.2, 0.25) is 0 Å². The molecule has 0 rings (SSSR count). The van der Waals surface area contributed by atoms with E-state index >= 15 is 0 Å². The van der Waals surface area contributed by atoms with Gasteiger partial charge in [0.2, 0.25) is 5.91 Å². The smallest absolute Gasteiger partial charge is 0.222 e. The number of likely N-dealkylation sites (N-methyl/N-ethyl adjacent to an activating group) is 1. The second kappa shape index (κ2) is 14.6. The van der Waals surface area contributed by atoms with Crippen LogP contribution in [-0.4, -0.2) is 83.1 Å². The normalized spacial score (nSPS) is 11.5. The Bertz CT molecular complexity index is 255. The molecule has 0 atom stereocenters. The van der Waals surface area contributed by atoms with Gasteiger partial charge in [0.1, 0.15) is 0 Å². The molecule has 0 saturated heterocycles. The summed E-state index contributed by atoms with van der Waals surface area (Å²) in [6.45, 7) is 6.95. The summed E-state index contributed by atoms with van der Waals surface area (Å²) in [5.74, 6) is 0.139. The highest BCUT2D eigenvalue weighted by Crippen LogP contribution is 2.03. The van der Waals surface area contributed by atoms with Crippen LogP contribution in [0.3, 0.4) is 0 Å². The number of nitrogens with one attached hydrogen (secondary N) is 1. The second-order valence-electron chi connectivity index (χ2n) is 4.81. The van der Waals surface area contributed by atoms with Crippen molar-refractivity contribution in [2.45, 2.75) is 13.3 Å². The Balaban J connectivity index is 3.14. The maximum atomic E-state index is 11.3. The molecule has 128 valence electrons. The second-order valence-corrected chi connectivity index (χ2v) is 6.91. The van der Waals surface area contributed by atoms with Crippen LogP contribution in [0.5, 0.6) is 0 Å². The zero-order chi connectivity index (χ0) is 15.9. The topological polar surface area (TPSA) is 60.0 Å². The number of hydrogen-bond donors (Lipinski definition) is 2. The first-order valence-electron chi connectivity index (χ1n) is 7.46. The average molecular weight is 324 g/mol. The van der Waals surface area contributed by atoms with E-state index in [9.17, 15) is 4.79 Å². The summed E-state index contributed by atoms with van der Waals surface area (Å²) >= 11 is -0.0493. The minimum Gasteiger partial charge on any atom is -0.378 e. The van der Waals surface area contributed by atoms with Gasteiger partial charge in [-0.05, 0) is 12.5 Å². The molecule has 0 heterocycles. The maximum absolute atomic E-state index is 11.3. The molecule has 0 fully saturated rings. The molecule has 0 unspecified atom stereocenters. The lowest BCUT2D eigenvalue weighted by atomic mass is 10.4. The summed E-state index contributed by atoms with van der Waals surface area (Å²) in [7, 11) is 1.79. The molecule has 1 N–H and O–H groups in total. The Hall–Kier alpha value is -0.340. The van der Waals surface area contributed by atoms with Gasteiger partial charge in [0.05, 0.1) is 39.6 Å². The van der Waals surface area contributed by atoms with Crippen LogP contribution >= 0.6 is 11.1 Å². The van der Waals surface area contributed by atoms with Crippen molar-refractivity contribution in [2.24, 2.45) is 0 Å². The number of thiol groups is 1. The zero-order valence-electron chi connectivity index (χ0n) is 13.9. The standard InChI is InChI=1S/C14H32N2O4S/c1-5-14(17)16(2)7-9-19-11-13-20-12-10-18-8-6-15-21(3)4/h15,21H,5-13H2,1-4H3. The number of amides is 1. The van der Waals surface area contributed by atoms with Gasteiger partial charge < -0.3 is 19.1 Å². The Kier molecular flexibility index (Phi) is 14.4. The molecule has 0 bridgehead atoms. The molecule has 0 aliphatic carbocycles. The number of rotatable bonds is 14. The van der Waals surface area contributed by atoms with E-state index < -0.39 is 0 Å². The van der Waals surface area contributed by atoms with Crippen molar-refractivity contribution in [2.75, 3.05) is 72.3 Å². The van der Waals surface area contributed by atoms with Crippen LogP contribution in [-0.2, 0) is 19.0 Å². The van der Waals surface area contributed by atoms with Gasteiger partial charge in [-0.25, -0.2) is 11.1 Å². The van der Waals surface area contributed by atoms with E-state index in [0.717, 1.165) is 13.2 Å². The molecular weight excluding hydrogens is 292 g/mol. The maximum Gasteiger partial charge on any atom is 0.222 e. The van der Waals surface area contributed by atoms with Gasteiger partial charge in [-0.1, -0.05) is 6.92 Å². The number of ether oxygens (including phenoxy) is 3. The monoisotopic (exact) mass is 324 g/mol. The summed E-state index contributed by atoms with van der Waals surface area (Å²) in [5, 5.41) is 0. The highest BCUT2D eigenvalue weighted by molar-refractivity contribution is 8.14. The third-order valence-corrected chi connectivity index (χ3v) is 3.57. The van der Waals surface area contributed by atoms with Crippen molar-refractivity contribution >= 4 is 17.0 Å². The molecule has 0 aliphatic heterocycles. The third-order valence-electron chi connectivity index (χ3n) is 2.72. The zero-order valence-corrected chi connectivity index (χ0v) is 14.8. The third kappa shape index (κ3) is 14.4. The minimum atomic E-state index is -0.0493. The summed E-state index contributed by atoms with van der Waals surface area (Å²) in [4.78, 5) is 13.0. The van der Waals surface area contributed by atoms with Gasteiger partial charge in [0.15, 0.2) is 0 Å². The Morgan fingerprint density at radius 2 is 1.52 bits per heavy atom. The first-order valence-corrected chi connectivity index (χ1v) is 9.69. The highest BCUT2D eigenvalue weighted by Gasteiger charge is 2.04. The predicted molar refractivity (Wildman–Crippen MR) is 89.2 cm³/mol. The number of carbonyl (C=O) groups excluding carboxylic acids is 1. The van der Waals surface area contributed by atoms with E-state index in [0.29, 0.717) is 46.0 Å². The first kappa shape index (κ1) is 20.7. The summed E-state index contributed by atoms with van der Waals surface area (Å²) in [6.07, 6.45) is 4.88. The molecule has 0 radical (unpaired) electrons. The molecule has 0 aromatic rings. The predicted octanol–water partition coefficient (Wildman–Crippen LogP) is 0.670. The molecule has 1 amide bonds. The summed E-state index contributed by atoms with van der Waals surface area (Å²) < 4.78 is 19.6. The van der Waals surface area contributed by atoms with Crippen molar-refractivity contribution in [1.82, 2.24) is 9.62 Å². The number of carbonyl (C=O) groups is 1. The van der Waals surface area contributed by atoms with Gasteiger partial charge >= 0.3 is 0 Å². The van der Waals surface area contributed by atoms with Crippen LogP contribution in [0.25, 0.3) is 0 Å². The van der Waals surface area contributed by atoms with Gasteiger partial charge in [0.25, 0.3) is 0 Å². The van der Waals surface area contributed by atoms with Crippen LogP contribution in [0.1, 0.15) is 13.3 Å². The Morgan fingerprint density at radius 3 is 2.05 bits per heavy atom. The average Bonchev–Trinajstić information content (AvgIpc) is 2.46. The van der Waals surface area contributed by atoms with Crippen LogP contribution in [0, 0.1) is 0 Å². The van der Waals surface area contributed by atoms with Crippen LogP contribution < -0.4 is 4.72 Å². The van der Waals surface area contributed by atoms with E-state index in [1.165, 1.54) is 0 Å². The number of hydrogen-bond acceptors (Lipinski definition) is 5. The van der Waals surface area contributed by atoms with Gasteiger partial charge in [-0.2, -0.15) is 0 Å². The summed E-state index contributed by atoms with van der Waals surface area (Å²) in [6, 6.07) is 0. The fourth-order valence-electron chi connectivity index (χ4n) is 1.48. The highest BCUT2D eigenvalue weighted by atomic mass is 32.2. The SMILES string of the molecule is CCC(=O)N(C)CCOCCOCCOCCN[SH](C)C. The van der Waals surface area contributed by atoms with Crippen molar-refractivity contribution in [3.05, 3.63) is 0 Å². The van der Waals surface area contributed by atoms with Crippen molar-refractivity contribution in [3.63, 3.8) is 0 Å². The van der Waals surface area contributed by atoms with E-state index in [4.69, 9.17) is 14.2 Å². The van der Waals surface area contributed by atoms with E-state index in [-0.39, 0.29) is 17.0 Å².